The molecule has 0 unspecified atom stereocenters. The van der Waals surface area contributed by atoms with Crippen LogP contribution in [-0.2, 0) is 4.74 Å². The molecule has 0 aliphatic carbocycles. The molecular formula is C12H12O5. The lowest BCUT2D eigenvalue weighted by Crippen LogP contribution is -2.02. The van der Waals surface area contributed by atoms with Gasteiger partial charge in [-0.15, -0.1) is 0 Å². The highest BCUT2D eigenvalue weighted by Gasteiger charge is 2.11. The maximum absolute atomic E-state index is 11.2. The Hall–Kier alpha value is -2.01. The molecule has 0 aliphatic heterocycles. The molecule has 1 aromatic heterocycles. The average molecular weight is 236 g/mol. The van der Waals surface area contributed by atoms with Gasteiger partial charge in [0.15, 0.2) is 6.79 Å². The molecule has 2 rings (SSSR count). The first-order valence-electron chi connectivity index (χ1n) is 5.01. The van der Waals surface area contributed by atoms with Crippen LogP contribution in [0.25, 0.3) is 11.0 Å². The number of ether oxygens (including phenoxy) is 2. The maximum Gasteiger partial charge on any atom is 0.339 e. The van der Waals surface area contributed by atoms with Crippen LogP contribution >= 0.6 is 0 Å². The second kappa shape index (κ2) is 4.47. The number of hydrogen-bond acceptors (Lipinski definition) is 5. The third-order valence-corrected chi connectivity index (χ3v) is 2.42. The first-order valence-corrected chi connectivity index (χ1v) is 5.01. The fraction of sp³-hybridized carbons (Fsp3) is 0.250. The highest BCUT2D eigenvalue weighted by Crippen LogP contribution is 2.30. The second-order valence-corrected chi connectivity index (χ2v) is 3.57. The average Bonchev–Trinajstić information content (AvgIpc) is 2.29. The van der Waals surface area contributed by atoms with Gasteiger partial charge in [-0.3, -0.25) is 0 Å². The van der Waals surface area contributed by atoms with Gasteiger partial charge >= 0.3 is 5.63 Å². The highest BCUT2D eigenvalue weighted by atomic mass is 16.7. The van der Waals surface area contributed by atoms with Gasteiger partial charge in [0.1, 0.15) is 17.1 Å². The number of aromatic hydroxyl groups is 1. The van der Waals surface area contributed by atoms with E-state index in [1.165, 1.54) is 7.11 Å². The largest absolute Gasteiger partial charge is 0.507 e. The lowest BCUT2D eigenvalue weighted by molar-refractivity contribution is 0.0507. The molecule has 0 aliphatic rings. The molecule has 90 valence electrons. The van der Waals surface area contributed by atoms with Gasteiger partial charge in [0.05, 0.1) is 11.5 Å². The van der Waals surface area contributed by atoms with Crippen LogP contribution in [0.1, 0.15) is 5.56 Å². The van der Waals surface area contributed by atoms with E-state index in [1.54, 1.807) is 19.1 Å². The van der Waals surface area contributed by atoms with Crippen molar-refractivity contribution in [1.29, 1.82) is 0 Å². The summed E-state index contributed by atoms with van der Waals surface area (Å²) >= 11 is 0. The van der Waals surface area contributed by atoms with Crippen LogP contribution in [0.5, 0.6) is 11.5 Å². The molecule has 0 bridgehead atoms. The molecule has 0 spiro atoms. The van der Waals surface area contributed by atoms with Crippen LogP contribution in [0.2, 0.25) is 0 Å². The summed E-state index contributed by atoms with van der Waals surface area (Å²) in [6, 6.07) is 4.36. The quantitative estimate of drug-likeness (QED) is 0.650. The molecule has 0 saturated heterocycles. The SMILES string of the molecule is COCOc1ccc2c(O)cc(=O)oc2c1C. The molecule has 0 radical (unpaired) electrons. The van der Waals surface area contributed by atoms with Crippen LogP contribution in [0, 0.1) is 6.92 Å². The van der Waals surface area contributed by atoms with Gasteiger partial charge in [0.25, 0.3) is 0 Å². The van der Waals surface area contributed by atoms with Gasteiger partial charge in [-0.2, -0.15) is 0 Å². The van der Waals surface area contributed by atoms with E-state index in [1.807, 2.05) is 0 Å². The van der Waals surface area contributed by atoms with Gasteiger partial charge < -0.3 is 19.0 Å². The van der Waals surface area contributed by atoms with Crippen molar-refractivity contribution in [3.63, 3.8) is 0 Å². The minimum atomic E-state index is -0.595. The number of hydrogen-bond donors (Lipinski definition) is 1. The second-order valence-electron chi connectivity index (χ2n) is 3.57. The summed E-state index contributed by atoms with van der Waals surface area (Å²) in [7, 11) is 1.52. The normalized spacial score (nSPS) is 10.7. The number of benzene rings is 1. The zero-order chi connectivity index (χ0) is 12.4. The van der Waals surface area contributed by atoms with Crippen molar-refractivity contribution < 1.29 is 19.0 Å². The van der Waals surface area contributed by atoms with Gasteiger partial charge in [-0.05, 0) is 19.1 Å². The molecule has 5 heteroatoms. The summed E-state index contributed by atoms with van der Waals surface area (Å²) in [5, 5.41) is 10.1. The summed E-state index contributed by atoms with van der Waals surface area (Å²) in [5.41, 5.74) is 0.373. The Morgan fingerprint density at radius 1 is 1.41 bits per heavy atom. The van der Waals surface area contributed by atoms with E-state index in [9.17, 15) is 9.90 Å². The first-order chi connectivity index (χ1) is 8.13. The molecule has 0 atom stereocenters. The lowest BCUT2D eigenvalue weighted by atomic mass is 10.1. The number of aryl methyl sites for hydroxylation is 1. The van der Waals surface area contributed by atoms with E-state index in [4.69, 9.17) is 13.9 Å². The predicted octanol–water partition coefficient (Wildman–Crippen LogP) is 1.79. The van der Waals surface area contributed by atoms with Gasteiger partial charge in [-0.25, -0.2) is 4.79 Å². The fourth-order valence-electron chi connectivity index (χ4n) is 1.61. The third kappa shape index (κ3) is 2.09. The zero-order valence-electron chi connectivity index (χ0n) is 9.52. The van der Waals surface area contributed by atoms with Crippen molar-refractivity contribution in [2.45, 2.75) is 6.92 Å². The van der Waals surface area contributed by atoms with E-state index in [2.05, 4.69) is 0 Å². The third-order valence-electron chi connectivity index (χ3n) is 2.42. The Bertz CT molecular complexity index is 600. The molecule has 0 fully saturated rings. The Labute approximate surface area is 97.2 Å². The minimum absolute atomic E-state index is 0.0994. The monoisotopic (exact) mass is 236 g/mol. The molecule has 0 saturated carbocycles. The van der Waals surface area contributed by atoms with E-state index < -0.39 is 5.63 Å². The summed E-state index contributed by atoms with van der Waals surface area (Å²) in [6.07, 6.45) is 0. The van der Waals surface area contributed by atoms with Gasteiger partial charge in [0, 0.05) is 12.7 Å². The number of fused-ring (bicyclic) bond motifs is 1. The Morgan fingerprint density at radius 3 is 2.88 bits per heavy atom. The first kappa shape index (κ1) is 11.5. The number of rotatable bonds is 3. The molecule has 17 heavy (non-hydrogen) atoms. The molecule has 1 aromatic carbocycles. The fourth-order valence-corrected chi connectivity index (χ4v) is 1.61. The van der Waals surface area contributed by atoms with Crippen LogP contribution < -0.4 is 10.4 Å². The molecule has 5 nitrogen and oxygen atoms in total. The summed E-state index contributed by atoms with van der Waals surface area (Å²) < 4.78 is 15.2. The van der Waals surface area contributed by atoms with Crippen LogP contribution in [0.4, 0.5) is 0 Å². The van der Waals surface area contributed by atoms with Crippen LogP contribution in [0.15, 0.2) is 27.4 Å². The maximum atomic E-state index is 11.2. The van der Waals surface area contributed by atoms with Crippen LogP contribution in [-0.4, -0.2) is 19.0 Å². The topological polar surface area (TPSA) is 68.9 Å². The van der Waals surface area contributed by atoms with Gasteiger partial charge in [0.2, 0.25) is 0 Å². The summed E-state index contributed by atoms with van der Waals surface area (Å²) in [5.74, 6) is 0.450. The molecule has 2 aromatic rings. The summed E-state index contributed by atoms with van der Waals surface area (Å²) in [4.78, 5) is 11.2. The smallest absolute Gasteiger partial charge is 0.339 e. The van der Waals surface area contributed by atoms with Crippen molar-refractivity contribution in [1.82, 2.24) is 0 Å². The molecule has 1 N–H and O–H groups in total. The molecule has 0 amide bonds. The molecular weight excluding hydrogens is 224 g/mol. The zero-order valence-corrected chi connectivity index (χ0v) is 9.52. The minimum Gasteiger partial charge on any atom is -0.507 e. The standard InChI is InChI=1S/C12H12O5/c1-7-10(16-6-15-2)4-3-8-9(13)5-11(14)17-12(7)8/h3-5,13H,6H2,1-2H3. The van der Waals surface area contributed by atoms with E-state index in [-0.39, 0.29) is 12.5 Å². The van der Waals surface area contributed by atoms with Crippen molar-refractivity contribution in [2.75, 3.05) is 13.9 Å². The lowest BCUT2D eigenvalue weighted by Gasteiger charge is -2.09. The Balaban J connectivity index is 2.62. The van der Waals surface area contributed by atoms with Crippen molar-refractivity contribution in [2.24, 2.45) is 0 Å². The van der Waals surface area contributed by atoms with Crippen molar-refractivity contribution >= 4 is 11.0 Å². The van der Waals surface area contributed by atoms with Crippen molar-refractivity contribution in [3.05, 3.63) is 34.2 Å². The van der Waals surface area contributed by atoms with Gasteiger partial charge in [-0.1, -0.05) is 0 Å². The van der Waals surface area contributed by atoms with E-state index in [0.717, 1.165) is 6.07 Å². The Kier molecular flexibility index (Phi) is 3.01. The predicted molar refractivity (Wildman–Crippen MR) is 61.4 cm³/mol. The van der Waals surface area contributed by atoms with E-state index in [0.29, 0.717) is 22.3 Å². The van der Waals surface area contributed by atoms with Crippen molar-refractivity contribution in [3.8, 4) is 11.5 Å². The number of methoxy groups -OCH3 is 1. The van der Waals surface area contributed by atoms with Crippen LogP contribution in [0.3, 0.4) is 0 Å². The Morgan fingerprint density at radius 2 is 2.18 bits per heavy atom. The highest BCUT2D eigenvalue weighted by molar-refractivity contribution is 5.86. The van der Waals surface area contributed by atoms with E-state index >= 15 is 0 Å². The molecule has 1 heterocycles. The summed E-state index contributed by atoms with van der Waals surface area (Å²) in [6.45, 7) is 1.85.